The van der Waals surface area contributed by atoms with Gasteiger partial charge in [-0.15, -0.1) is 0 Å². The van der Waals surface area contributed by atoms with Crippen molar-refractivity contribution in [3.63, 3.8) is 0 Å². The highest BCUT2D eigenvalue weighted by molar-refractivity contribution is 4.60. The van der Waals surface area contributed by atoms with Gasteiger partial charge in [0, 0.05) is 26.4 Å². The standard InChI is InChI=1S/C14H30O5/c1-3-9-18-13(5-7-15)11-17-12-14(6-8-16)19-10-4-2/h13-16H,3-12H2,1-2H3. The topological polar surface area (TPSA) is 68.2 Å². The predicted octanol–water partition coefficient (Wildman–Crippen LogP) is 1.36. The lowest BCUT2D eigenvalue weighted by Crippen LogP contribution is -2.27. The van der Waals surface area contributed by atoms with Crippen LogP contribution in [0.5, 0.6) is 0 Å². The molecule has 2 N–H and O–H groups in total. The number of aliphatic hydroxyl groups excluding tert-OH is 2. The highest BCUT2D eigenvalue weighted by Crippen LogP contribution is 2.04. The van der Waals surface area contributed by atoms with Crippen LogP contribution >= 0.6 is 0 Å². The van der Waals surface area contributed by atoms with Gasteiger partial charge < -0.3 is 24.4 Å². The molecular formula is C14H30O5. The minimum absolute atomic E-state index is 0.0640. The van der Waals surface area contributed by atoms with Crippen molar-refractivity contribution in [1.29, 1.82) is 0 Å². The number of hydrogen-bond acceptors (Lipinski definition) is 5. The van der Waals surface area contributed by atoms with Gasteiger partial charge in [-0.3, -0.25) is 0 Å². The van der Waals surface area contributed by atoms with Crippen molar-refractivity contribution in [3.8, 4) is 0 Å². The third-order valence-electron chi connectivity index (χ3n) is 2.62. The van der Waals surface area contributed by atoms with E-state index < -0.39 is 0 Å². The molecule has 2 unspecified atom stereocenters. The van der Waals surface area contributed by atoms with Crippen LogP contribution in [0.15, 0.2) is 0 Å². The Bertz CT molecular complexity index is 159. The molecule has 0 heterocycles. The Balaban J connectivity index is 3.83. The first-order chi connectivity index (χ1) is 9.28. The predicted molar refractivity (Wildman–Crippen MR) is 74.3 cm³/mol. The van der Waals surface area contributed by atoms with Crippen molar-refractivity contribution >= 4 is 0 Å². The van der Waals surface area contributed by atoms with Gasteiger partial charge >= 0.3 is 0 Å². The molecule has 0 saturated carbocycles. The summed E-state index contributed by atoms with van der Waals surface area (Å²) in [6.45, 7) is 6.57. The van der Waals surface area contributed by atoms with E-state index in [1.807, 2.05) is 13.8 Å². The lowest BCUT2D eigenvalue weighted by molar-refractivity contribution is -0.0664. The van der Waals surface area contributed by atoms with Gasteiger partial charge in [0.2, 0.25) is 0 Å². The molecule has 0 aliphatic rings. The van der Waals surface area contributed by atoms with Gasteiger partial charge in [-0.05, 0) is 25.7 Å². The molecule has 0 aliphatic carbocycles. The van der Waals surface area contributed by atoms with Crippen molar-refractivity contribution in [1.82, 2.24) is 0 Å². The second-order valence-electron chi connectivity index (χ2n) is 4.55. The molecule has 5 heteroatoms. The summed E-state index contributed by atoms with van der Waals surface area (Å²) in [5.74, 6) is 0. The zero-order chi connectivity index (χ0) is 14.3. The van der Waals surface area contributed by atoms with Crippen LogP contribution in [0.4, 0.5) is 0 Å². The molecule has 0 fully saturated rings. The van der Waals surface area contributed by atoms with E-state index in [2.05, 4.69) is 0 Å². The van der Waals surface area contributed by atoms with Gasteiger partial charge in [-0.25, -0.2) is 0 Å². The normalized spacial score (nSPS) is 14.5. The van der Waals surface area contributed by atoms with Crippen LogP contribution in [-0.4, -0.2) is 62.1 Å². The monoisotopic (exact) mass is 278 g/mol. The van der Waals surface area contributed by atoms with Crippen LogP contribution in [0.1, 0.15) is 39.5 Å². The lowest BCUT2D eigenvalue weighted by Gasteiger charge is -2.20. The van der Waals surface area contributed by atoms with Crippen LogP contribution in [0.3, 0.4) is 0 Å². The summed E-state index contributed by atoms with van der Waals surface area (Å²) in [5, 5.41) is 17.9. The molecule has 0 rings (SSSR count). The van der Waals surface area contributed by atoms with E-state index in [-0.39, 0.29) is 25.4 Å². The summed E-state index contributed by atoms with van der Waals surface area (Å²) >= 11 is 0. The van der Waals surface area contributed by atoms with E-state index in [0.29, 0.717) is 39.3 Å². The molecule has 0 spiro atoms. The van der Waals surface area contributed by atoms with Gasteiger partial charge in [0.15, 0.2) is 0 Å². The minimum atomic E-state index is -0.0640. The second kappa shape index (κ2) is 14.2. The molecule has 19 heavy (non-hydrogen) atoms. The molecule has 0 aromatic carbocycles. The van der Waals surface area contributed by atoms with Gasteiger partial charge in [0.25, 0.3) is 0 Å². The second-order valence-corrected chi connectivity index (χ2v) is 4.55. The van der Waals surface area contributed by atoms with Crippen molar-refractivity contribution < 1.29 is 24.4 Å². The van der Waals surface area contributed by atoms with Crippen molar-refractivity contribution in [2.24, 2.45) is 0 Å². The molecule has 2 atom stereocenters. The first-order valence-electron chi connectivity index (χ1n) is 7.31. The maximum atomic E-state index is 8.95. The summed E-state index contributed by atoms with van der Waals surface area (Å²) in [6.07, 6.45) is 2.95. The summed E-state index contributed by atoms with van der Waals surface area (Å²) in [7, 11) is 0. The fraction of sp³-hybridized carbons (Fsp3) is 1.00. The number of hydrogen-bond donors (Lipinski definition) is 2. The van der Waals surface area contributed by atoms with E-state index in [4.69, 9.17) is 24.4 Å². The Labute approximate surface area is 116 Å². The van der Waals surface area contributed by atoms with E-state index in [9.17, 15) is 0 Å². The van der Waals surface area contributed by atoms with Crippen LogP contribution in [0, 0.1) is 0 Å². The first kappa shape index (κ1) is 18.8. The zero-order valence-corrected chi connectivity index (χ0v) is 12.3. The van der Waals surface area contributed by atoms with Crippen molar-refractivity contribution in [3.05, 3.63) is 0 Å². The Kier molecular flexibility index (Phi) is 14.1. The number of ether oxygens (including phenoxy) is 3. The van der Waals surface area contributed by atoms with E-state index in [0.717, 1.165) is 12.8 Å². The third kappa shape index (κ3) is 11.3. The van der Waals surface area contributed by atoms with Crippen LogP contribution < -0.4 is 0 Å². The van der Waals surface area contributed by atoms with E-state index in [1.165, 1.54) is 0 Å². The van der Waals surface area contributed by atoms with E-state index in [1.54, 1.807) is 0 Å². The molecule has 0 saturated heterocycles. The molecule has 0 aliphatic heterocycles. The quantitative estimate of drug-likeness (QED) is 0.502. The summed E-state index contributed by atoms with van der Waals surface area (Å²) < 4.78 is 16.7. The van der Waals surface area contributed by atoms with E-state index >= 15 is 0 Å². The molecule has 116 valence electrons. The van der Waals surface area contributed by atoms with Gasteiger partial charge in [0.05, 0.1) is 25.4 Å². The van der Waals surface area contributed by atoms with Crippen molar-refractivity contribution in [2.75, 3.05) is 39.6 Å². The largest absolute Gasteiger partial charge is 0.396 e. The van der Waals surface area contributed by atoms with Gasteiger partial charge in [-0.1, -0.05) is 13.8 Å². The number of aliphatic hydroxyl groups is 2. The maximum Gasteiger partial charge on any atom is 0.0830 e. The summed E-state index contributed by atoms with van der Waals surface area (Å²) in [4.78, 5) is 0. The molecule has 0 aromatic rings. The molecule has 0 radical (unpaired) electrons. The van der Waals surface area contributed by atoms with Gasteiger partial charge in [0.1, 0.15) is 0 Å². The highest BCUT2D eigenvalue weighted by atomic mass is 16.6. The Morgan fingerprint density at radius 3 is 1.53 bits per heavy atom. The van der Waals surface area contributed by atoms with Crippen LogP contribution in [-0.2, 0) is 14.2 Å². The molecule has 0 bridgehead atoms. The molecule has 0 aromatic heterocycles. The fourth-order valence-corrected chi connectivity index (χ4v) is 1.62. The average Bonchev–Trinajstić information content (AvgIpc) is 2.42. The smallest absolute Gasteiger partial charge is 0.0830 e. The number of rotatable bonds is 14. The van der Waals surface area contributed by atoms with Crippen LogP contribution in [0.25, 0.3) is 0 Å². The van der Waals surface area contributed by atoms with Crippen molar-refractivity contribution in [2.45, 2.75) is 51.7 Å². The molecular weight excluding hydrogens is 248 g/mol. The maximum absolute atomic E-state index is 8.95. The lowest BCUT2D eigenvalue weighted by atomic mass is 10.2. The fourth-order valence-electron chi connectivity index (χ4n) is 1.62. The SMILES string of the molecule is CCCOC(CCO)COCC(CCO)OCCC. The van der Waals surface area contributed by atoms with Crippen LogP contribution in [0.2, 0.25) is 0 Å². The van der Waals surface area contributed by atoms with Gasteiger partial charge in [-0.2, -0.15) is 0 Å². The first-order valence-corrected chi connectivity index (χ1v) is 7.31. The average molecular weight is 278 g/mol. The summed E-state index contributed by atoms with van der Waals surface area (Å²) in [6, 6.07) is 0. The molecule has 5 nitrogen and oxygen atoms in total. The Morgan fingerprint density at radius 1 is 0.789 bits per heavy atom. The zero-order valence-electron chi connectivity index (χ0n) is 12.3. The molecule has 0 amide bonds. The Hall–Kier alpha value is -0.200. The minimum Gasteiger partial charge on any atom is -0.396 e. The third-order valence-corrected chi connectivity index (χ3v) is 2.62. The Morgan fingerprint density at radius 2 is 1.21 bits per heavy atom. The summed E-state index contributed by atoms with van der Waals surface area (Å²) in [5.41, 5.74) is 0. The highest BCUT2D eigenvalue weighted by Gasteiger charge is 2.12.